The highest BCUT2D eigenvalue weighted by atomic mass is 19.1. The Bertz CT molecular complexity index is 769. The number of nitrogens with zero attached hydrogens (tertiary/aromatic N) is 2. The maximum absolute atomic E-state index is 14.4. The van der Waals surface area contributed by atoms with Crippen LogP contribution in [-0.2, 0) is 6.54 Å². The quantitative estimate of drug-likeness (QED) is 0.827. The van der Waals surface area contributed by atoms with Crippen LogP contribution in [0.2, 0.25) is 0 Å². The van der Waals surface area contributed by atoms with Gasteiger partial charge in [0.25, 0.3) is 5.91 Å². The van der Waals surface area contributed by atoms with Crippen LogP contribution in [0.5, 0.6) is 0 Å². The molecule has 0 bridgehead atoms. The molecule has 1 amide bonds. The van der Waals surface area contributed by atoms with Crippen molar-refractivity contribution in [2.24, 2.45) is 0 Å². The number of piperazine rings is 1. The molecule has 2 heterocycles. The minimum atomic E-state index is -0.468. The molecular formula is C17H20FN4O3+. The summed E-state index contributed by atoms with van der Waals surface area (Å²) in [6.45, 7) is 3.55. The zero-order chi connectivity index (χ0) is 17.8. The molecule has 7 nitrogen and oxygen atoms in total. The number of nitroso groups, excluding NO2 is 1. The van der Waals surface area contributed by atoms with Crippen molar-refractivity contribution in [3.05, 3.63) is 52.4 Å². The Hall–Kier alpha value is -2.74. The first-order valence-corrected chi connectivity index (χ1v) is 8.05. The van der Waals surface area contributed by atoms with Gasteiger partial charge in [-0.1, -0.05) is 6.07 Å². The highest BCUT2D eigenvalue weighted by molar-refractivity contribution is 5.91. The van der Waals surface area contributed by atoms with Crippen LogP contribution < -0.4 is 15.4 Å². The van der Waals surface area contributed by atoms with Gasteiger partial charge in [0.15, 0.2) is 5.76 Å². The molecule has 0 aliphatic carbocycles. The summed E-state index contributed by atoms with van der Waals surface area (Å²) in [6, 6.07) is 7.73. The first kappa shape index (κ1) is 17.1. The predicted molar refractivity (Wildman–Crippen MR) is 90.0 cm³/mol. The number of furan rings is 1. The van der Waals surface area contributed by atoms with Gasteiger partial charge < -0.3 is 19.5 Å². The molecule has 0 unspecified atom stereocenters. The third-order valence-electron chi connectivity index (χ3n) is 4.24. The second kappa shape index (κ2) is 7.43. The molecule has 2 N–H and O–H groups in total. The number of benzene rings is 1. The summed E-state index contributed by atoms with van der Waals surface area (Å²) in [5.41, 5.74) is 1.23. The van der Waals surface area contributed by atoms with Gasteiger partial charge in [-0.2, -0.15) is 0 Å². The van der Waals surface area contributed by atoms with Crippen molar-refractivity contribution in [1.82, 2.24) is 10.2 Å². The minimum Gasteiger partial charge on any atom is -0.396 e. The van der Waals surface area contributed by atoms with Crippen molar-refractivity contribution in [2.75, 3.05) is 38.1 Å². The van der Waals surface area contributed by atoms with E-state index in [1.165, 1.54) is 18.2 Å². The fraction of sp³-hybridized carbons (Fsp3) is 0.353. The standard InChI is InChI=1S/C17H19FN4O3/c1-21-6-8-22(9-7-21)14-3-2-12(10-13(14)18)11-19-17(23)15-4-5-16(20-24)25-15/h2-5,10H,6-9,11H2,1H3,(H,19,23)/p+1. The van der Waals surface area contributed by atoms with Gasteiger partial charge in [-0.3, -0.25) is 4.79 Å². The van der Waals surface area contributed by atoms with Crippen LogP contribution in [0.4, 0.5) is 16.0 Å². The summed E-state index contributed by atoms with van der Waals surface area (Å²) in [7, 11) is 2.05. The second-order valence-corrected chi connectivity index (χ2v) is 6.02. The number of nitrogens with one attached hydrogen (secondary N) is 2. The summed E-state index contributed by atoms with van der Waals surface area (Å²) in [4.78, 5) is 26.6. The topological polar surface area (TPSA) is 79.8 Å². The lowest BCUT2D eigenvalue weighted by molar-refractivity contribution is -0.398. The molecule has 132 valence electrons. The van der Waals surface area contributed by atoms with Crippen LogP contribution in [0, 0.1) is 10.7 Å². The average Bonchev–Trinajstić information content (AvgIpc) is 3.10. The highest BCUT2D eigenvalue weighted by Crippen LogP contribution is 2.22. The van der Waals surface area contributed by atoms with Gasteiger partial charge in [-0.05, 0) is 30.8 Å². The monoisotopic (exact) mass is 347 g/mol. The van der Waals surface area contributed by atoms with Crippen LogP contribution >= 0.6 is 0 Å². The number of amides is 1. The normalized spacial score (nSPS) is 15.2. The number of halogens is 1. The Kier molecular flexibility index (Phi) is 5.08. The number of hydrogen-bond acceptors (Lipinski definition) is 5. The van der Waals surface area contributed by atoms with E-state index in [4.69, 9.17) is 4.42 Å². The van der Waals surface area contributed by atoms with Crippen LogP contribution in [0.25, 0.3) is 0 Å². The molecule has 8 heteroatoms. The number of likely N-dealkylation sites (N-methyl/N-ethyl adjacent to an activating group) is 1. The van der Waals surface area contributed by atoms with Crippen molar-refractivity contribution >= 4 is 17.5 Å². The zero-order valence-corrected chi connectivity index (χ0v) is 13.9. The molecule has 25 heavy (non-hydrogen) atoms. The Balaban J connectivity index is 1.61. The van der Waals surface area contributed by atoms with Crippen LogP contribution in [0.15, 0.2) is 34.7 Å². The summed E-state index contributed by atoms with van der Waals surface area (Å²) in [5.74, 6) is -0.780. The fourth-order valence-corrected chi connectivity index (χ4v) is 2.75. The van der Waals surface area contributed by atoms with Crippen molar-refractivity contribution in [3.8, 4) is 0 Å². The molecule has 0 atom stereocenters. The lowest BCUT2D eigenvalue weighted by Crippen LogP contribution is -2.55. The maximum Gasteiger partial charge on any atom is 0.419 e. The maximum atomic E-state index is 14.4. The Morgan fingerprint density at radius 1 is 1.24 bits per heavy atom. The third-order valence-corrected chi connectivity index (χ3v) is 4.24. The van der Waals surface area contributed by atoms with Crippen molar-refractivity contribution in [2.45, 2.75) is 6.54 Å². The van der Waals surface area contributed by atoms with Gasteiger partial charge in [0.05, 0.1) is 16.9 Å². The van der Waals surface area contributed by atoms with Crippen molar-refractivity contribution < 1.29 is 18.8 Å². The van der Waals surface area contributed by atoms with Crippen LogP contribution in [0.3, 0.4) is 0 Å². The van der Waals surface area contributed by atoms with Gasteiger partial charge in [0.2, 0.25) is 0 Å². The Labute approximate surface area is 144 Å². The van der Waals surface area contributed by atoms with E-state index in [1.54, 1.807) is 17.3 Å². The molecule has 1 aromatic heterocycles. The smallest absolute Gasteiger partial charge is 0.396 e. The molecule has 1 fully saturated rings. The molecule has 1 aliphatic rings. The average molecular weight is 347 g/mol. The zero-order valence-electron chi connectivity index (χ0n) is 13.9. The lowest BCUT2D eigenvalue weighted by atomic mass is 10.1. The molecule has 0 radical (unpaired) electrons. The van der Waals surface area contributed by atoms with Gasteiger partial charge in [-0.15, -0.1) is 0 Å². The van der Waals surface area contributed by atoms with Gasteiger partial charge in [0.1, 0.15) is 5.82 Å². The Morgan fingerprint density at radius 3 is 2.64 bits per heavy atom. The van der Waals surface area contributed by atoms with Crippen molar-refractivity contribution in [3.63, 3.8) is 0 Å². The minimum absolute atomic E-state index is 0.0212. The first-order chi connectivity index (χ1) is 12.1. The molecule has 0 spiro atoms. The van der Waals surface area contributed by atoms with Gasteiger partial charge in [0, 0.05) is 37.6 Å². The molecular weight excluding hydrogens is 327 g/mol. The lowest BCUT2D eigenvalue weighted by Gasteiger charge is -2.34. The SMILES string of the molecule is CN1CCN(c2ccc(CNC(=O)c3ccc([NH+]=O)o3)cc2F)CC1. The number of carbonyl (C=O) groups excluding carboxylic acids is 1. The van der Waals surface area contributed by atoms with E-state index in [2.05, 4.69) is 17.3 Å². The van der Waals surface area contributed by atoms with E-state index in [0.29, 0.717) is 11.3 Å². The molecule has 0 saturated carbocycles. The van der Waals surface area contributed by atoms with E-state index in [-0.39, 0.29) is 24.0 Å². The van der Waals surface area contributed by atoms with Crippen LogP contribution in [-0.4, -0.2) is 44.0 Å². The summed E-state index contributed by atoms with van der Waals surface area (Å²) >= 11 is 0. The van der Waals surface area contributed by atoms with E-state index in [9.17, 15) is 14.1 Å². The molecule has 1 saturated heterocycles. The molecule has 3 rings (SSSR count). The number of rotatable bonds is 5. The number of anilines is 1. The molecule has 1 aromatic carbocycles. The van der Waals surface area contributed by atoms with Gasteiger partial charge >= 0.3 is 5.88 Å². The van der Waals surface area contributed by atoms with Crippen molar-refractivity contribution in [1.29, 1.82) is 0 Å². The summed E-state index contributed by atoms with van der Waals surface area (Å²) in [5, 5.41) is 4.20. The predicted octanol–water partition coefficient (Wildman–Crippen LogP) is 0.579. The van der Waals surface area contributed by atoms with E-state index >= 15 is 0 Å². The van der Waals surface area contributed by atoms with E-state index < -0.39 is 5.91 Å². The number of carbonyl (C=O) groups is 1. The van der Waals surface area contributed by atoms with E-state index in [0.717, 1.165) is 26.2 Å². The first-order valence-electron chi connectivity index (χ1n) is 8.05. The fourth-order valence-electron chi connectivity index (χ4n) is 2.75. The Morgan fingerprint density at radius 2 is 2.00 bits per heavy atom. The van der Waals surface area contributed by atoms with E-state index in [1.807, 2.05) is 4.90 Å². The van der Waals surface area contributed by atoms with Crippen LogP contribution in [0.1, 0.15) is 16.1 Å². The largest absolute Gasteiger partial charge is 0.419 e. The highest BCUT2D eigenvalue weighted by Gasteiger charge is 2.18. The molecule has 2 aromatic rings. The molecule has 1 aliphatic heterocycles. The second-order valence-electron chi connectivity index (χ2n) is 6.02. The number of hydrogen-bond donors (Lipinski definition) is 2. The summed E-state index contributed by atoms with van der Waals surface area (Å²) < 4.78 is 19.4. The van der Waals surface area contributed by atoms with Gasteiger partial charge in [-0.25, -0.2) is 4.39 Å². The summed E-state index contributed by atoms with van der Waals surface area (Å²) in [6.07, 6.45) is 0. The third kappa shape index (κ3) is 4.03.